The molecule has 0 atom stereocenters. The quantitative estimate of drug-likeness (QED) is 0.684. The second-order valence-corrected chi connectivity index (χ2v) is 4.27. The van der Waals surface area contributed by atoms with Crippen LogP contribution in [0.2, 0.25) is 0 Å². The Morgan fingerprint density at radius 2 is 1.93 bits per heavy atom. The van der Waals surface area contributed by atoms with E-state index in [1.54, 1.807) is 0 Å². The van der Waals surface area contributed by atoms with Gasteiger partial charge in [-0.3, -0.25) is 0 Å². The first-order chi connectivity index (χ1) is 6.75. The zero-order valence-corrected chi connectivity index (χ0v) is 8.50. The highest BCUT2D eigenvalue weighted by atomic mass is 16.5. The average Bonchev–Trinajstić information content (AvgIpc) is 2.91. The van der Waals surface area contributed by atoms with E-state index < -0.39 is 0 Å². The van der Waals surface area contributed by atoms with E-state index in [0.29, 0.717) is 5.92 Å². The lowest BCUT2D eigenvalue weighted by Gasteiger charge is -1.98. The minimum atomic E-state index is 0.665. The number of nitrogens with zero attached hydrogens (tertiary/aromatic N) is 1. The Labute approximate surface area is 82.9 Å². The van der Waals surface area contributed by atoms with Gasteiger partial charge >= 0.3 is 0 Å². The van der Waals surface area contributed by atoms with E-state index in [9.17, 15) is 0 Å². The first-order valence-electron chi connectivity index (χ1n) is 5.12. The lowest BCUT2D eigenvalue weighted by atomic mass is 10.1. The van der Waals surface area contributed by atoms with Gasteiger partial charge in [-0.1, -0.05) is 5.16 Å². The van der Waals surface area contributed by atoms with Crippen molar-refractivity contribution in [2.75, 3.05) is 0 Å². The van der Waals surface area contributed by atoms with Crippen LogP contribution in [0.3, 0.4) is 0 Å². The lowest BCUT2D eigenvalue weighted by molar-refractivity contribution is 0.446. The standard InChI is InChI=1S/C12H13NO/c1-7-5-10-11(6-8(7)2)14-13-12(10)9-3-4-9/h5-6,9H,3-4H2,1-2H3. The van der Waals surface area contributed by atoms with Gasteiger partial charge in [0.1, 0.15) is 0 Å². The summed E-state index contributed by atoms with van der Waals surface area (Å²) in [5, 5.41) is 5.38. The molecule has 2 nitrogen and oxygen atoms in total. The van der Waals surface area contributed by atoms with Crippen molar-refractivity contribution >= 4 is 11.0 Å². The number of hydrogen-bond donors (Lipinski definition) is 0. The van der Waals surface area contributed by atoms with Gasteiger partial charge in [0.05, 0.1) is 5.69 Å². The molecule has 0 spiro atoms. The summed E-state index contributed by atoms with van der Waals surface area (Å²) in [6.45, 7) is 4.24. The monoisotopic (exact) mass is 187 g/mol. The Balaban J connectivity index is 2.29. The molecule has 1 aliphatic rings. The van der Waals surface area contributed by atoms with Crippen LogP contribution in [0.5, 0.6) is 0 Å². The molecular weight excluding hydrogens is 174 g/mol. The molecule has 3 rings (SSSR count). The van der Waals surface area contributed by atoms with E-state index in [4.69, 9.17) is 4.52 Å². The maximum Gasteiger partial charge on any atom is 0.167 e. The third kappa shape index (κ3) is 1.07. The topological polar surface area (TPSA) is 26.0 Å². The Hall–Kier alpha value is -1.31. The van der Waals surface area contributed by atoms with Crippen molar-refractivity contribution in [3.8, 4) is 0 Å². The SMILES string of the molecule is Cc1cc2onc(C3CC3)c2cc1C. The minimum Gasteiger partial charge on any atom is -0.356 e. The molecule has 1 heterocycles. The van der Waals surface area contributed by atoms with Crippen LogP contribution in [0.25, 0.3) is 11.0 Å². The average molecular weight is 187 g/mol. The molecule has 0 aliphatic heterocycles. The van der Waals surface area contributed by atoms with Gasteiger partial charge < -0.3 is 4.52 Å². The summed E-state index contributed by atoms with van der Waals surface area (Å²) < 4.78 is 5.34. The number of aryl methyl sites for hydroxylation is 2. The van der Waals surface area contributed by atoms with Crippen LogP contribution >= 0.6 is 0 Å². The van der Waals surface area contributed by atoms with Gasteiger partial charge in [0.2, 0.25) is 0 Å². The van der Waals surface area contributed by atoms with Gasteiger partial charge in [0, 0.05) is 11.3 Å². The summed E-state index contributed by atoms with van der Waals surface area (Å²) in [6.07, 6.45) is 2.54. The van der Waals surface area contributed by atoms with Crippen LogP contribution in [0.4, 0.5) is 0 Å². The smallest absolute Gasteiger partial charge is 0.167 e. The van der Waals surface area contributed by atoms with Crippen molar-refractivity contribution in [3.05, 3.63) is 29.0 Å². The molecule has 0 N–H and O–H groups in total. The lowest BCUT2D eigenvalue weighted by Crippen LogP contribution is -1.82. The molecule has 1 aromatic heterocycles. The van der Waals surface area contributed by atoms with Crippen molar-refractivity contribution in [1.29, 1.82) is 0 Å². The van der Waals surface area contributed by atoms with Gasteiger partial charge in [-0.15, -0.1) is 0 Å². The van der Waals surface area contributed by atoms with Crippen LogP contribution in [0.1, 0.15) is 35.6 Å². The summed E-state index contributed by atoms with van der Waals surface area (Å²) in [7, 11) is 0. The molecule has 0 unspecified atom stereocenters. The normalized spacial score (nSPS) is 16.4. The molecule has 72 valence electrons. The van der Waals surface area contributed by atoms with E-state index in [1.807, 2.05) is 0 Å². The molecule has 14 heavy (non-hydrogen) atoms. The minimum absolute atomic E-state index is 0.665. The number of aromatic nitrogens is 1. The van der Waals surface area contributed by atoms with E-state index in [1.165, 1.54) is 35.0 Å². The Morgan fingerprint density at radius 1 is 1.21 bits per heavy atom. The van der Waals surface area contributed by atoms with Crippen LogP contribution in [-0.2, 0) is 0 Å². The first-order valence-corrected chi connectivity index (χ1v) is 5.12. The maximum absolute atomic E-state index is 5.34. The molecule has 0 radical (unpaired) electrons. The fraction of sp³-hybridized carbons (Fsp3) is 0.417. The van der Waals surface area contributed by atoms with Crippen LogP contribution in [-0.4, -0.2) is 5.16 Å². The van der Waals surface area contributed by atoms with Gasteiger partial charge in [0.15, 0.2) is 5.58 Å². The molecule has 1 aliphatic carbocycles. The van der Waals surface area contributed by atoms with Crippen molar-refractivity contribution in [2.24, 2.45) is 0 Å². The van der Waals surface area contributed by atoms with Crippen molar-refractivity contribution in [1.82, 2.24) is 5.16 Å². The molecule has 1 aromatic carbocycles. The fourth-order valence-electron chi connectivity index (χ4n) is 1.86. The largest absolute Gasteiger partial charge is 0.356 e. The molecule has 1 fully saturated rings. The summed E-state index contributed by atoms with van der Waals surface area (Å²) in [6, 6.07) is 4.29. The molecule has 1 saturated carbocycles. The van der Waals surface area contributed by atoms with Crippen molar-refractivity contribution < 1.29 is 4.52 Å². The van der Waals surface area contributed by atoms with Gasteiger partial charge in [-0.25, -0.2) is 0 Å². The van der Waals surface area contributed by atoms with E-state index in [-0.39, 0.29) is 0 Å². The molecule has 0 amide bonds. The van der Waals surface area contributed by atoms with Crippen LogP contribution < -0.4 is 0 Å². The Morgan fingerprint density at radius 3 is 2.64 bits per heavy atom. The van der Waals surface area contributed by atoms with E-state index in [2.05, 4.69) is 31.1 Å². The number of hydrogen-bond acceptors (Lipinski definition) is 2. The molecule has 2 heteroatoms. The van der Waals surface area contributed by atoms with Crippen molar-refractivity contribution in [3.63, 3.8) is 0 Å². The second kappa shape index (κ2) is 2.59. The van der Waals surface area contributed by atoms with Crippen LogP contribution in [0, 0.1) is 13.8 Å². The van der Waals surface area contributed by atoms with E-state index in [0.717, 1.165) is 5.58 Å². The summed E-state index contributed by atoms with van der Waals surface area (Å²) in [5.74, 6) is 0.665. The van der Waals surface area contributed by atoms with Gasteiger partial charge in [0.25, 0.3) is 0 Å². The second-order valence-electron chi connectivity index (χ2n) is 4.27. The van der Waals surface area contributed by atoms with Crippen molar-refractivity contribution in [2.45, 2.75) is 32.6 Å². The summed E-state index contributed by atoms with van der Waals surface area (Å²) >= 11 is 0. The summed E-state index contributed by atoms with van der Waals surface area (Å²) in [4.78, 5) is 0. The highest BCUT2D eigenvalue weighted by Gasteiger charge is 2.28. The van der Waals surface area contributed by atoms with E-state index >= 15 is 0 Å². The summed E-state index contributed by atoms with van der Waals surface area (Å²) in [5.41, 5.74) is 4.71. The first kappa shape index (κ1) is 8.04. The maximum atomic E-state index is 5.34. The number of rotatable bonds is 1. The van der Waals surface area contributed by atoms with Gasteiger partial charge in [-0.2, -0.15) is 0 Å². The number of benzene rings is 1. The molecule has 0 bridgehead atoms. The Bertz CT molecular complexity index is 494. The Kier molecular flexibility index (Phi) is 1.49. The molecule has 0 saturated heterocycles. The van der Waals surface area contributed by atoms with Gasteiger partial charge in [-0.05, 0) is 49.9 Å². The highest BCUT2D eigenvalue weighted by Crippen LogP contribution is 2.42. The zero-order valence-electron chi connectivity index (χ0n) is 8.50. The zero-order chi connectivity index (χ0) is 9.71. The third-order valence-electron chi connectivity index (χ3n) is 3.08. The highest BCUT2D eigenvalue weighted by molar-refractivity contribution is 5.82. The molecular formula is C12H13NO. The molecule has 2 aromatic rings. The predicted octanol–water partition coefficient (Wildman–Crippen LogP) is 3.32. The van der Waals surface area contributed by atoms with Crippen LogP contribution in [0.15, 0.2) is 16.7 Å². The predicted molar refractivity (Wildman–Crippen MR) is 55.5 cm³/mol. The third-order valence-corrected chi connectivity index (χ3v) is 3.08. The number of fused-ring (bicyclic) bond motifs is 1. The fourth-order valence-corrected chi connectivity index (χ4v) is 1.86.